The molecule has 1 heterocycles. The van der Waals surface area contributed by atoms with Gasteiger partial charge in [-0.25, -0.2) is 15.8 Å². The number of rotatable bonds is 7. The summed E-state index contributed by atoms with van der Waals surface area (Å²) in [4.78, 5) is 10.4. The fourth-order valence-corrected chi connectivity index (χ4v) is 1.47. The Kier molecular flexibility index (Phi) is 5.61. The Hall–Kier alpha value is -1.44. The van der Waals surface area contributed by atoms with E-state index in [-0.39, 0.29) is 6.61 Å². The highest BCUT2D eigenvalue weighted by atomic mass is 16.5. The first-order chi connectivity index (χ1) is 8.24. The molecule has 1 rings (SSSR count). The van der Waals surface area contributed by atoms with Crippen molar-refractivity contribution < 1.29 is 9.84 Å². The molecule has 0 aliphatic carbocycles. The second-order valence-electron chi connectivity index (χ2n) is 3.41. The van der Waals surface area contributed by atoms with E-state index >= 15 is 0 Å². The molecule has 0 aliphatic heterocycles. The molecule has 0 bridgehead atoms. The van der Waals surface area contributed by atoms with Crippen LogP contribution in [0.1, 0.15) is 12.7 Å². The normalized spacial score (nSPS) is 10.4. The van der Waals surface area contributed by atoms with Crippen LogP contribution in [0.4, 0.5) is 11.6 Å². The number of nitrogens with one attached hydrogen (secondary N) is 1. The Morgan fingerprint density at radius 2 is 2.29 bits per heavy atom. The number of hydrogen-bond acceptors (Lipinski definition) is 7. The van der Waals surface area contributed by atoms with Crippen LogP contribution in [0.5, 0.6) is 0 Å². The van der Waals surface area contributed by atoms with Crippen LogP contribution in [-0.2, 0) is 11.3 Å². The van der Waals surface area contributed by atoms with Gasteiger partial charge in [0.05, 0.1) is 6.61 Å². The Bertz CT molecular complexity index is 347. The first-order valence-electron chi connectivity index (χ1n) is 5.44. The predicted molar refractivity (Wildman–Crippen MR) is 65.5 cm³/mol. The molecule has 0 saturated carbocycles. The van der Waals surface area contributed by atoms with Gasteiger partial charge in [-0.3, -0.25) is 0 Å². The number of likely N-dealkylation sites (N-methyl/N-ethyl adjacent to an activating group) is 1. The fourth-order valence-electron chi connectivity index (χ4n) is 1.47. The molecule has 1 aromatic heterocycles. The van der Waals surface area contributed by atoms with Crippen molar-refractivity contribution in [3.63, 3.8) is 0 Å². The van der Waals surface area contributed by atoms with Crippen LogP contribution in [0.2, 0.25) is 0 Å². The molecule has 0 unspecified atom stereocenters. The molecule has 0 spiro atoms. The summed E-state index contributed by atoms with van der Waals surface area (Å²) in [5.74, 6) is 7.15. The quantitative estimate of drug-likeness (QED) is 0.446. The largest absolute Gasteiger partial charge is 0.395 e. The van der Waals surface area contributed by atoms with E-state index in [2.05, 4.69) is 15.4 Å². The zero-order valence-corrected chi connectivity index (χ0v) is 10.2. The molecule has 96 valence electrons. The van der Waals surface area contributed by atoms with Gasteiger partial charge >= 0.3 is 0 Å². The lowest BCUT2D eigenvalue weighted by atomic mass is 10.4. The lowest BCUT2D eigenvalue weighted by molar-refractivity contribution is 0.178. The molecule has 0 atom stereocenters. The van der Waals surface area contributed by atoms with Crippen molar-refractivity contribution >= 4 is 11.6 Å². The lowest BCUT2D eigenvalue weighted by Crippen LogP contribution is -2.28. The first kappa shape index (κ1) is 13.6. The van der Waals surface area contributed by atoms with Crippen LogP contribution < -0.4 is 16.2 Å². The average molecular weight is 241 g/mol. The van der Waals surface area contributed by atoms with Crippen LogP contribution in [-0.4, -0.2) is 41.9 Å². The number of ether oxygens (including phenoxy) is 1. The van der Waals surface area contributed by atoms with Gasteiger partial charge in [0.1, 0.15) is 18.2 Å². The summed E-state index contributed by atoms with van der Waals surface area (Å²) in [6, 6.07) is 1.73. The van der Waals surface area contributed by atoms with Gasteiger partial charge in [0.25, 0.3) is 0 Å². The molecule has 17 heavy (non-hydrogen) atoms. The van der Waals surface area contributed by atoms with Crippen molar-refractivity contribution in [2.24, 2.45) is 5.84 Å². The van der Waals surface area contributed by atoms with Crippen molar-refractivity contribution in [2.75, 3.05) is 37.1 Å². The van der Waals surface area contributed by atoms with Gasteiger partial charge in [0, 0.05) is 26.3 Å². The van der Waals surface area contributed by atoms with Crippen molar-refractivity contribution in [1.82, 2.24) is 9.97 Å². The fraction of sp³-hybridized carbons (Fsp3) is 0.600. The molecule has 7 nitrogen and oxygen atoms in total. The van der Waals surface area contributed by atoms with Crippen molar-refractivity contribution in [1.29, 1.82) is 0 Å². The van der Waals surface area contributed by atoms with Crippen LogP contribution in [0.25, 0.3) is 0 Å². The summed E-state index contributed by atoms with van der Waals surface area (Å²) < 4.78 is 4.99. The average Bonchev–Trinajstić information content (AvgIpc) is 2.35. The number of anilines is 2. The Labute approximate surface area is 101 Å². The van der Waals surface area contributed by atoms with Gasteiger partial charge in [-0.05, 0) is 6.92 Å². The summed E-state index contributed by atoms with van der Waals surface area (Å²) in [5.41, 5.74) is 2.49. The third-order valence-electron chi connectivity index (χ3n) is 2.26. The zero-order chi connectivity index (χ0) is 12.7. The molecule has 4 N–H and O–H groups in total. The molecular weight excluding hydrogens is 222 g/mol. The van der Waals surface area contributed by atoms with E-state index < -0.39 is 0 Å². The van der Waals surface area contributed by atoms with E-state index in [4.69, 9.17) is 15.7 Å². The molecule has 0 aromatic carbocycles. The summed E-state index contributed by atoms with van der Waals surface area (Å²) in [6.07, 6.45) is 0. The van der Waals surface area contributed by atoms with Gasteiger partial charge in [-0.1, -0.05) is 0 Å². The van der Waals surface area contributed by atoms with Crippen molar-refractivity contribution in [2.45, 2.75) is 13.5 Å². The van der Waals surface area contributed by atoms with E-state index in [1.807, 2.05) is 11.8 Å². The highest BCUT2D eigenvalue weighted by molar-refractivity contribution is 5.48. The number of aliphatic hydroxyl groups excluding tert-OH is 1. The van der Waals surface area contributed by atoms with E-state index in [9.17, 15) is 0 Å². The molecule has 1 aromatic rings. The van der Waals surface area contributed by atoms with Gasteiger partial charge in [-0.15, -0.1) is 0 Å². The summed E-state index contributed by atoms with van der Waals surface area (Å²) in [6.45, 7) is 3.64. The topological polar surface area (TPSA) is 96.5 Å². The Morgan fingerprint density at radius 1 is 1.53 bits per heavy atom. The van der Waals surface area contributed by atoms with Crippen molar-refractivity contribution in [3.8, 4) is 0 Å². The molecule has 0 amide bonds. The van der Waals surface area contributed by atoms with Gasteiger partial charge in [-0.2, -0.15) is 0 Å². The van der Waals surface area contributed by atoms with E-state index in [0.717, 1.165) is 12.4 Å². The third kappa shape index (κ3) is 3.81. The van der Waals surface area contributed by atoms with Crippen LogP contribution in [0.15, 0.2) is 6.07 Å². The maximum atomic E-state index is 8.98. The number of aliphatic hydroxyl groups is 1. The second-order valence-corrected chi connectivity index (χ2v) is 3.41. The highest BCUT2D eigenvalue weighted by Crippen LogP contribution is 2.15. The SMILES string of the molecule is CCN(CCO)c1cc(NN)nc(COC)n1. The number of nitrogens with zero attached hydrogens (tertiary/aromatic N) is 3. The molecule has 0 aliphatic rings. The third-order valence-corrected chi connectivity index (χ3v) is 2.26. The summed E-state index contributed by atoms with van der Waals surface area (Å²) in [5, 5.41) is 8.98. The number of hydrazine groups is 1. The molecule has 7 heteroatoms. The van der Waals surface area contributed by atoms with Crippen LogP contribution in [0, 0.1) is 0 Å². The van der Waals surface area contributed by atoms with Crippen molar-refractivity contribution in [3.05, 3.63) is 11.9 Å². The Morgan fingerprint density at radius 3 is 2.82 bits per heavy atom. The smallest absolute Gasteiger partial charge is 0.158 e. The summed E-state index contributed by atoms with van der Waals surface area (Å²) >= 11 is 0. The Balaban J connectivity index is 2.99. The first-order valence-corrected chi connectivity index (χ1v) is 5.44. The maximum absolute atomic E-state index is 8.98. The number of nitrogen functional groups attached to an aromatic ring is 1. The van der Waals surface area contributed by atoms with Gasteiger partial charge in [0.15, 0.2) is 5.82 Å². The molecule has 0 saturated heterocycles. The van der Waals surface area contributed by atoms with Gasteiger partial charge in [0.2, 0.25) is 0 Å². The zero-order valence-electron chi connectivity index (χ0n) is 10.2. The number of aromatic nitrogens is 2. The molecule has 0 fully saturated rings. The molecular formula is C10H19N5O2. The second kappa shape index (κ2) is 7.00. The molecule has 0 radical (unpaired) electrons. The number of hydrogen-bond donors (Lipinski definition) is 3. The van der Waals surface area contributed by atoms with Crippen LogP contribution >= 0.6 is 0 Å². The van der Waals surface area contributed by atoms with Crippen LogP contribution in [0.3, 0.4) is 0 Å². The maximum Gasteiger partial charge on any atom is 0.158 e. The summed E-state index contributed by atoms with van der Waals surface area (Å²) in [7, 11) is 1.58. The monoisotopic (exact) mass is 241 g/mol. The highest BCUT2D eigenvalue weighted by Gasteiger charge is 2.09. The minimum absolute atomic E-state index is 0.0723. The van der Waals surface area contributed by atoms with E-state index in [1.165, 1.54) is 0 Å². The number of nitrogens with two attached hydrogens (primary N) is 1. The predicted octanol–water partition coefficient (Wildman–Crippen LogP) is -0.273. The standard InChI is InChI=1S/C10H19N5O2/c1-3-15(4-5-16)10-6-8(14-11)12-9(13-10)7-17-2/h6,16H,3-5,7,11H2,1-2H3,(H,12,13,14). The lowest BCUT2D eigenvalue weighted by Gasteiger charge is -2.21. The minimum atomic E-state index is 0.0723. The number of methoxy groups -OCH3 is 1. The minimum Gasteiger partial charge on any atom is -0.395 e. The van der Waals surface area contributed by atoms with Gasteiger partial charge < -0.3 is 20.2 Å². The van der Waals surface area contributed by atoms with E-state index in [0.29, 0.717) is 24.8 Å². The van der Waals surface area contributed by atoms with E-state index in [1.54, 1.807) is 13.2 Å².